The Kier molecular flexibility index (Phi) is 5.18. The number of rotatable bonds is 4. The molecule has 0 amide bonds. The molecule has 0 N–H and O–H groups in total. The van der Waals surface area contributed by atoms with Gasteiger partial charge in [-0.25, -0.2) is 0 Å². The second kappa shape index (κ2) is 5.54. The van der Waals surface area contributed by atoms with E-state index in [9.17, 15) is 0 Å². The van der Waals surface area contributed by atoms with Gasteiger partial charge >= 0.3 is 0 Å². The highest BCUT2D eigenvalue weighted by atomic mass is 14.7. The molecule has 0 aliphatic rings. The van der Waals surface area contributed by atoms with Gasteiger partial charge in [0, 0.05) is 5.70 Å². The minimum Gasteiger partial charge on any atom is -0.269 e. The van der Waals surface area contributed by atoms with E-state index in [2.05, 4.69) is 31.6 Å². The summed E-state index contributed by atoms with van der Waals surface area (Å²) >= 11 is 0. The maximum Gasteiger partial charge on any atom is 0.0356 e. The summed E-state index contributed by atoms with van der Waals surface area (Å²) < 4.78 is 0. The Morgan fingerprint density at radius 3 is 2.56 bits per heavy atom. The van der Waals surface area contributed by atoms with Crippen LogP contribution in [0.5, 0.6) is 0 Å². The van der Waals surface area contributed by atoms with Crippen molar-refractivity contribution >= 4 is 6.72 Å². The molecule has 1 heteroatoms. The van der Waals surface area contributed by atoms with Crippen molar-refractivity contribution < 1.29 is 0 Å². The molecule has 0 aromatic rings. The molecular weight excluding hydrogens is 110 g/mol. The summed E-state index contributed by atoms with van der Waals surface area (Å²) in [6, 6.07) is 0. The lowest BCUT2D eigenvalue weighted by Gasteiger charge is -1.94. The molecule has 0 saturated carbocycles. The van der Waals surface area contributed by atoms with Crippen molar-refractivity contribution in [3.05, 3.63) is 11.8 Å². The van der Waals surface area contributed by atoms with Gasteiger partial charge in [-0.3, -0.25) is 4.99 Å². The molecular formula is C8H15N. The van der Waals surface area contributed by atoms with Crippen LogP contribution in [0.4, 0.5) is 0 Å². The zero-order chi connectivity index (χ0) is 7.11. The van der Waals surface area contributed by atoms with Gasteiger partial charge in [0.15, 0.2) is 0 Å². The van der Waals surface area contributed by atoms with E-state index in [1.807, 2.05) is 0 Å². The molecule has 0 spiro atoms. The summed E-state index contributed by atoms with van der Waals surface area (Å²) in [6.45, 7) is 7.74. The summed E-state index contributed by atoms with van der Waals surface area (Å²) in [7, 11) is 0. The second-order valence-corrected chi connectivity index (χ2v) is 2.01. The highest BCUT2D eigenvalue weighted by Crippen LogP contribution is 2.05. The van der Waals surface area contributed by atoms with Crippen LogP contribution in [0.3, 0.4) is 0 Å². The van der Waals surface area contributed by atoms with Gasteiger partial charge in [-0.15, -0.1) is 0 Å². The lowest BCUT2D eigenvalue weighted by Crippen LogP contribution is -1.75. The van der Waals surface area contributed by atoms with Crippen molar-refractivity contribution in [1.82, 2.24) is 0 Å². The first kappa shape index (κ1) is 8.41. The van der Waals surface area contributed by atoms with E-state index >= 15 is 0 Å². The average Bonchev–Trinajstić information content (AvgIpc) is 1.88. The van der Waals surface area contributed by atoms with Gasteiger partial charge in [0.1, 0.15) is 0 Å². The topological polar surface area (TPSA) is 12.4 Å². The molecule has 0 aromatic heterocycles. The molecule has 1 nitrogen and oxygen atoms in total. The maximum atomic E-state index is 3.88. The standard InChI is InChI=1S/C8H15N/c1-4-6-8(9-3)7-5-2/h6H,3-5,7H2,1-2H3. The zero-order valence-corrected chi connectivity index (χ0v) is 6.35. The van der Waals surface area contributed by atoms with Crippen molar-refractivity contribution in [1.29, 1.82) is 0 Å². The van der Waals surface area contributed by atoms with Gasteiger partial charge in [0.25, 0.3) is 0 Å². The second-order valence-electron chi connectivity index (χ2n) is 2.01. The fourth-order valence-electron chi connectivity index (χ4n) is 0.737. The normalized spacial score (nSPS) is 11.6. The molecule has 0 unspecified atom stereocenters. The van der Waals surface area contributed by atoms with E-state index in [1.165, 1.54) is 0 Å². The number of nitrogens with zero attached hydrogens (tertiary/aromatic N) is 1. The number of hydrogen-bond donors (Lipinski definition) is 0. The van der Waals surface area contributed by atoms with E-state index in [0.717, 1.165) is 25.0 Å². The van der Waals surface area contributed by atoms with Crippen LogP contribution in [-0.4, -0.2) is 6.72 Å². The van der Waals surface area contributed by atoms with Crippen LogP contribution < -0.4 is 0 Å². The van der Waals surface area contributed by atoms with E-state index in [4.69, 9.17) is 0 Å². The number of aliphatic imine (C=N–C) groups is 1. The van der Waals surface area contributed by atoms with Gasteiger partial charge in [-0.05, 0) is 19.6 Å². The molecule has 0 bridgehead atoms. The highest BCUT2D eigenvalue weighted by Gasteiger charge is 1.86. The molecule has 0 aliphatic heterocycles. The van der Waals surface area contributed by atoms with Crippen LogP contribution in [-0.2, 0) is 0 Å². The van der Waals surface area contributed by atoms with Gasteiger partial charge in [-0.1, -0.05) is 26.3 Å². The lowest BCUT2D eigenvalue weighted by molar-refractivity contribution is 0.886. The van der Waals surface area contributed by atoms with Crippen LogP contribution in [0.25, 0.3) is 0 Å². The van der Waals surface area contributed by atoms with Crippen LogP contribution in [0, 0.1) is 0 Å². The Balaban J connectivity index is 3.66. The quantitative estimate of drug-likeness (QED) is 0.512. The smallest absolute Gasteiger partial charge is 0.0356 e. The van der Waals surface area contributed by atoms with E-state index in [1.54, 1.807) is 0 Å². The third-order valence-electron chi connectivity index (χ3n) is 1.15. The lowest BCUT2D eigenvalue weighted by atomic mass is 10.2. The zero-order valence-electron chi connectivity index (χ0n) is 6.35. The molecule has 0 radical (unpaired) electrons. The third kappa shape index (κ3) is 3.95. The first-order chi connectivity index (χ1) is 4.35. The highest BCUT2D eigenvalue weighted by molar-refractivity contribution is 5.28. The third-order valence-corrected chi connectivity index (χ3v) is 1.15. The van der Waals surface area contributed by atoms with Crippen LogP contribution in [0.2, 0.25) is 0 Å². The largest absolute Gasteiger partial charge is 0.269 e. The molecule has 0 rings (SSSR count). The first-order valence-corrected chi connectivity index (χ1v) is 3.50. The van der Waals surface area contributed by atoms with E-state index < -0.39 is 0 Å². The Labute approximate surface area is 57.5 Å². The maximum absolute atomic E-state index is 3.88. The summed E-state index contributed by atoms with van der Waals surface area (Å²) in [4.78, 5) is 3.88. The molecule has 0 saturated heterocycles. The summed E-state index contributed by atoms with van der Waals surface area (Å²) in [5, 5.41) is 0. The van der Waals surface area contributed by atoms with Crippen LogP contribution in [0.15, 0.2) is 16.8 Å². The molecule has 0 aliphatic carbocycles. The molecule has 0 fully saturated rings. The Hall–Kier alpha value is -0.590. The summed E-state index contributed by atoms with van der Waals surface area (Å²) in [5.41, 5.74) is 1.14. The van der Waals surface area contributed by atoms with Crippen molar-refractivity contribution in [2.75, 3.05) is 0 Å². The first-order valence-electron chi connectivity index (χ1n) is 3.50. The fourth-order valence-corrected chi connectivity index (χ4v) is 0.737. The van der Waals surface area contributed by atoms with Crippen molar-refractivity contribution in [2.45, 2.75) is 33.1 Å². The van der Waals surface area contributed by atoms with Gasteiger partial charge < -0.3 is 0 Å². The van der Waals surface area contributed by atoms with Gasteiger partial charge in [-0.2, -0.15) is 0 Å². The average molecular weight is 125 g/mol. The fraction of sp³-hybridized carbons (Fsp3) is 0.625. The number of allylic oxidation sites excluding steroid dienone is 2. The predicted molar refractivity (Wildman–Crippen MR) is 42.8 cm³/mol. The summed E-state index contributed by atoms with van der Waals surface area (Å²) in [6.07, 6.45) is 5.41. The van der Waals surface area contributed by atoms with Gasteiger partial charge in [0.05, 0.1) is 0 Å². The summed E-state index contributed by atoms with van der Waals surface area (Å²) in [5.74, 6) is 0. The monoisotopic (exact) mass is 125 g/mol. The Morgan fingerprint density at radius 2 is 2.22 bits per heavy atom. The van der Waals surface area contributed by atoms with Crippen LogP contribution >= 0.6 is 0 Å². The molecule has 9 heavy (non-hydrogen) atoms. The van der Waals surface area contributed by atoms with Crippen molar-refractivity contribution in [3.8, 4) is 0 Å². The Morgan fingerprint density at radius 1 is 1.56 bits per heavy atom. The minimum atomic E-state index is 1.06. The SMILES string of the molecule is C=NC(=CCC)CCC. The van der Waals surface area contributed by atoms with Crippen molar-refractivity contribution in [3.63, 3.8) is 0 Å². The van der Waals surface area contributed by atoms with E-state index in [-0.39, 0.29) is 0 Å². The van der Waals surface area contributed by atoms with Crippen LogP contribution in [0.1, 0.15) is 33.1 Å². The number of hydrogen-bond acceptors (Lipinski definition) is 1. The molecule has 0 atom stereocenters. The molecule has 52 valence electrons. The molecule has 0 aromatic carbocycles. The van der Waals surface area contributed by atoms with E-state index in [0.29, 0.717) is 0 Å². The molecule has 0 heterocycles. The minimum absolute atomic E-state index is 1.06. The van der Waals surface area contributed by atoms with Crippen molar-refractivity contribution in [2.24, 2.45) is 4.99 Å². The predicted octanol–water partition coefficient (Wildman–Crippen LogP) is 2.78. The Bertz CT molecular complexity index is 103. The van der Waals surface area contributed by atoms with Gasteiger partial charge in [0.2, 0.25) is 0 Å².